The van der Waals surface area contributed by atoms with Crippen LogP contribution in [-0.2, 0) is 29.0 Å². The van der Waals surface area contributed by atoms with Crippen molar-refractivity contribution in [2.45, 2.75) is 38.8 Å². The van der Waals surface area contributed by atoms with Crippen molar-refractivity contribution in [2.75, 3.05) is 6.54 Å². The number of carbonyl (C=O) groups is 2. The van der Waals surface area contributed by atoms with E-state index in [4.69, 9.17) is 0 Å². The van der Waals surface area contributed by atoms with Gasteiger partial charge in [-0.15, -0.1) is 0 Å². The van der Waals surface area contributed by atoms with Gasteiger partial charge in [-0.25, -0.2) is 0 Å². The molecule has 3 rings (SSSR count). The van der Waals surface area contributed by atoms with Crippen molar-refractivity contribution in [1.82, 2.24) is 10.2 Å². The Labute approximate surface area is 199 Å². The Morgan fingerprint density at radius 3 is 2.12 bits per heavy atom. The molecule has 2 amide bonds. The summed E-state index contributed by atoms with van der Waals surface area (Å²) in [7, 11) is 0. The second-order valence-corrected chi connectivity index (χ2v) is 8.07. The van der Waals surface area contributed by atoms with Crippen LogP contribution in [0.3, 0.4) is 0 Å². The van der Waals surface area contributed by atoms with Crippen LogP contribution in [0.1, 0.15) is 30.0 Å². The van der Waals surface area contributed by atoms with Crippen LogP contribution in [0.4, 0.5) is 5.69 Å². The molecular formula is C27H29N3O4. The molecule has 3 aromatic carbocycles. The Hall–Kier alpha value is -4.00. The lowest BCUT2D eigenvalue weighted by molar-refractivity contribution is -0.385. The van der Waals surface area contributed by atoms with Gasteiger partial charge in [0.2, 0.25) is 11.8 Å². The van der Waals surface area contributed by atoms with Gasteiger partial charge in [0.1, 0.15) is 6.04 Å². The van der Waals surface area contributed by atoms with Crippen molar-refractivity contribution < 1.29 is 14.5 Å². The minimum Gasteiger partial charge on any atom is -0.354 e. The highest BCUT2D eigenvalue weighted by Crippen LogP contribution is 2.21. The Kier molecular flexibility index (Phi) is 8.91. The van der Waals surface area contributed by atoms with Crippen LogP contribution >= 0.6 is 0 Å². The first-order chi connectivity index (χ1) is 16.5. The molecule has 34 heavy (non-hydrogen) atoms. The lowest BCUT2D eigenvalue weighted by Crippen LogP contribution is -2.51. The zero-order valence-corrected chi connectivity index (χ0v) is 19.2. The van der Waals surface area contributed by atoms with Gasteiger partial charge in [0, 0.05) is 31.1 Å². The van der Waals surface area contributed by atoms with Gasteiger partial charge in [-0.3, -0.25) is 19.7 Å². The third-order valence-corrected chi connectivity index (χ3v) is 5.55. The number of nitro benzene ring substituents is 1. The molecule has 0 saturated heterocycles. The van der Waals surface area contributed by atoms with Crippen molar-refractivity contribution in [2.24, 2.45) is 0 Å². The molecule has 0 radical (unpaired) electrons. The first kappa shape index (κ1) is 24.6. The van der Waals surface area contributed by atoms with E-state index in [9.17, 15) is 19.7 Å². The van der Waals surface area contributed by atoms with Gasteiger partial charge >= 0.3 is 0 Å². The number of benzene rings is 3. The normalized spacial score (nSPS) is 11.4. The molecule has 0 aliphatic carbocycles. The molecule has 0 aliphatic rings. The second kappa shape index (κ2) is 12.3. The van der Waals surface area contributed by atoms with E-state index in [-0.39, 0.29) is 30.5 Å². The first-order valence-electron chi connectivity index (χ1n) is 11.4. The standard InChI is InChI=1S/C27H29N3O4/c1-2-17-28-27(32)25(18-21-11-5-3-6-12-21)29(20-22-13-7-4-8-14-22)26(31)19-23-15-9-10-16-24(23)30(33)34/h3-16,25H,2,17-20H2,1H3,(H,28,32)/t25-/m0/s1. The molecule has 0 saturated carbocycles. The molecule has 1 N–H and O–H groups in total. The monoisotopic (exact) mass is 459 g/mol. The van der Waals surface area contributed by atoms with Gasteiger partial charge in [0.15, 0.2) is 0 Å². The summed E-state index contributed by atoms with van der Waals surface area (Å²) < 4.78 is 0. The summed E-state index contributed by atoms with van der Waals surface area (Å²) in [6.45, 7) is 2.69. The maximum absolute atomic E-state index is 13.6. The van der Waals surface area contributed by atoms with Crippen LogP contribution in [0, 0.1) is 10.1 Å². The van der Waals surface area contributed by atoms with E-state index in [0.717, 1.165) is 17.5 Å². The first-order valence-corrected chi connectivity index (χ1v) is 11.4. The molecule has 0 bridgehead atoms. The van der Waals surface area contributed by atoms with E-state index in [0.29, 0.717) is 18.5 Å². The highest BCUT2D eigenvalue weighted by atomic mass is 16.6. The third-order valence-electron chi connectivity index (χ3n) is 5.55. The molecule has 0 fully saturated rings. The summed E-state index contributed by atoms with van der Waals surface area (Å²) in [5.41, 5.74) is 2.02. The Balaban J connectivity index is 1.97. The van der Waals surface area contributed by atoms with Crippen molar-refractivity contribution >= 4 is 17.5 Å². The van der Waals surface area contributed by atoms with Gasteiger partial charge in [-0.1, -0.05) is 85.8 Å². The van der Waals surface area contributed by atoms with E-state index in [1.54, 1.807) is 23.1 Å². The third kappa shape index (κ3) is 6.75. The minimum atomic E-state index is -0.760. The van der Waals surface area contributed by atoms with Crippen molar-refractivity contribution in [3.05, 3.63) is 112 Å². The van der Waals surface area contributed by atoms with Crippen LogP contribution in [0.15, 0.2) is 84.9 Å². The number of hydrogen-bond donors (Lipinski definition) is 1. The van der Waals surface area contributed by atoms with Gasteiger partial charge in [-0.05, 0) is 17.5 Å². The van der Waals surface area contributed by atoms with E-state index in [1.807, 2.05) is 67.6 Å². The van der Waals surface area contributed by atoms with Crippen LogP contribution in [-0.4, -0.2) is 34.2 Å². The predicted octanol–water partition coefficient (Wildman–Crippen LogP) is 4.30. The Morgan fingerprint density at radius 2 is 1.50 bits per heavy atom. The van der Waals surface area contributed by atoms with E-state index in [2.05, 4.69) is 5.32 Å². The lowest BCUT2D eigenvalue weighted by Gasteiger charge is -2.31. The largest absolute Gasteiger partial charge is 0.354 e. The molecule has 0 heterocycles. The fourth-order valence-corrected chi connectivity index (χ4v) is 3.80. The van der Waals surface area contributed by atoms with Crippen LogP contribution in [0.2, 0.25) is 0 Å². The second-order valence-electron chi connectivity index (χ2n) is 8.07. The van der Waals surface area contributed by atoms with Crippen molar-refractivity contribution in [1.29, 1.82) is 0 Å². The summed E-state index contributed by atoms with van der Waals surface area (Å²) in [6, 6.07) is 24.4. The van der Waals surface area contributed by atoms with Crippen LogP contribution in [0.25, 0.3) is 0 Å². The molecule has 0 aromatic heterocycles. The summed E-state index contributed by atoms with van der Waals surface area (Å²) in [5, 5.41) is 14.4. The minimum absolute atomic E-state index is 0.106. The molecule has 3 aromatic rings. The number of nitrogens with zero attached hydrogens (tertiary/aromatic N) is 2. The molecule has 0 aliphatic heterocycles. The number of amides is 2. The molecule has 1 atom stereocenters. The number of hydrogen-bond acceptors (Lipinski definition) is 4. The lowest BCUT2D eigenvalue weighted by atomic mass is 10.0. The number of para-hydroxylation sites is 1. The van der Waals surface area contributed by atoms with E-state index >= 15 is 0 Å². The van der Waals surface area contributed by atoms with Gasteiger partial charge in [-0.2, -0.15) is 0 Å². The summed E-state index contributed by atoms with van der Waals surface area (Å²) in [6.07, 6.45) is 0.939. The van der Waals surface area contributed by atoms with Crippen LogP contribution < -0.4 is 5.32 Å². The highest BCUT2D eigenvalue weighted by molar-refractivity contribution is 5.89. The molecular weight excluding hydrogens is 430 g/mol. The molecule has 176 valence electrons. The Bertz CT molecular complexity index is 1100. The van der Waals surface area contributed by atoms with Crippen LogP contribution in [0.5, 0.6) is 0 Å². The number of nitrogens with one attached hydrogen (secondary N) is 1. The average Bonchev–Trinajstić information content (AvgIpc) is 2.86. The molecule has 7 heteroatoms. The van der Waals surface area contributed by atoms with E-state index in [1.165, 1.54) is 6.07 Å². The SMILES string of the molecule is CCCNC(=O)[C@H](Cc1ccccc1)N(Cc1ccccc1)C(=O)Cc1ccccc1[N+](=O)[O-]. The zero-order chi connectivity index (χ0) is 24.3. The van der Waals surface area contributed by atoms with Gasteiger partial charge in [0.25, 0.3) is 5.69 Å². The Morgan fingerprint density at radius 1 is 0.912 bits per heavy atom. The summed E-state index contributed by atoms with van der Waals surface area (Å²) >= 11 is 0. The molecule has 7 nitrogen and oxygen atoms in total. The topological polar surface area (TPSA) is 92.6 Å². The maximum Gasteiger partial charge on any atom is 0.273 e. The average molecular weight is 460 g/mol. The van der Waals surface area contributed by atoms with Gasteiger partial charge in [0.05, 0.1) is 11.3 Å². The van der Waals surface area contributed by atoms with Crippen molar-refractivity contribution in [3.8, 4) is 0 Å². The highest BCUT2D eigenvalue weighted by Gasteiger charge is 2.31. The number of nitro groups is 1. The fraction of sp³-hybridized carbons (Fsp3) is 0.259. The van der Waals surface area contributed by atoms with Gasteiger partial charge < -0.3 is 10.2 Å². The predicted molar refractivity (Wildman–Crippen MR) is 131 cm³/mol. The van der Waals surface area contributed by atoms with E-state index < -0.39 is 11.0 Å². The zero-order valence-electron chi connectivity index (χ0n) is 19.2. The smallest absolute Gasteiger partial charge is 0.273 e. The number of carbonyl (C=O) groups excluding carboxylic acids is 2. The molecule has 0 unspecified atom stereocenters. The molecule has 0 spiro atoms. The number of rotatable bonds is 11. The maximum atomic E-state index is 13.6. The quantitative estimate of drug-likeness (QED) is 0.342. The van der Waals surface area contributed by atoms with Crippen molar-refractivity contribution in [3.63, 3.8) is 0 Å². The fourth-order valence-electron chi connectivity index (χ4n) is 3.80. The summed E-state index contributed by atoms with van der Waals surface area (Å²) in [5.74, 6) is -0.580. The summed E-state index contributed by atoms with van der Waals surface area (Å²) in [4.78, 5) is 39.4.